The first kappa shape index (κ1) is 17.8. The zero-order valence-corrected chi connectivity index (χ0v) is 14.3. The second-order valence-electron chi connectivity index (χ2n) is 6.48. The van der Waals surface area contributed by atoms with Gasteiger partial charge in [0.2, 0.25) is 5.91 Å². The number of piperidine rings is 1. The van der Waals surface area contributed by atoms with Crippen molar-refractivity contribution in [1.29, 1.82) is 0 Å². The molecule has 1 aromatic carbocycles. The Kier molecular flexibility index (Phi) is 6.90. The number of hydrogen-bond donors (Lipinski definition) is 1. The van der Waals surface area contributed by atoms with Gasteiger partial charge in [-0.1, -0.05) is 19.1 Å². The van der Waals surface area contributed by atoms with E-state index in [0.29, 0.717) is 13.0 Å². The molecular weight excluding hydrogens is 290 g/mol. The average molecular weight is 319 g/mol. The molecule has 0 saturated carbocycles. The zero-order chi connectivity index (χ0) is 16.7. The number of aliphatic hydroxyl groups excluding tert-OH is 1. The van der Waals surface area contributed by atoms with Crippen LogP contribution in [0.3, 0.4) is 0 Å². The normalized spacial score (nSPS) is 19.4. The molecule has 2 atom stereocenters. The Hall–Kier alpha value is -1.55. The summed E-state index contributed by atoms with van der Waals surface area (Å²) in [5.41, 5.74) is 1.16. The van der Waals surface area contributed by atoms with Crippen molar-refractivity contribution in [1.82, 2.24) is 4.90 Å². The van der Waals surface area contributed by atoms with Gasteiger partial charge in [0.05, 0.1) is 12.7 Å². The lowest BCUT2D eigenvalue weighted by Gasteiger charge is -2.34. The lowest BCUT2D eigenvalue weighted by Crippen LogP contribution is -2.43. The number of aliphatic hydroxyl groups is 1. The third kappa shape index (κ3) is 5.54. The van der Waals surface area contributed by atoms with Crippen molar-refractivity contribution in [3.63, 3.8) is 0 Å². The Balaban J connectivity index is 1.79. The highest BCUT2D eigenvalue weighted by molar-refractivity contribution is 5.76. The molecule has 0 aliphatic carbocycles. The summed E-state index contributed by atoms with van der Waals surface area (Å²) in [5, 5.41) is 9.72. The molecule has 23 heavy (non-hydrogen) atoms. The third-order valence-corrected chi connectivity index (χ3v) is 4.52. The standard InChI is InChI=1S/C19H29NO3/c1-3-13-23-18-9-6-16(7-10-18)8-11-19(22)20-12-4-5-17(14-20)15(2)21/h6-7,9-10,15,17,21H,3-5,8,11-14H2,1-2H3. The number of rotatable bonds is 7. The van der Waals surface area contributed by atoms with E-state index in [1.807, 2.05) is 36.1 Å². The Morgan fingerprint density at radius 1 is 1.39 bits per heavy atom. The van der Waals surface area contributed by atoms with E-state index in [9.17, 15) is 9.90 Å². The summed E-state index contributed by atoms with van der Waals surface area (Å²) in [5.74, 6) is 1.31. The zero-order valence-electron chi connectivity index (χ0n) is 14.3. The monoisotopic (exact) mass is 319 g/mol. The molecular formula is C19H29NO3. The topological polar surface area (TPSA) is 49.8 Å². The minimum absolute atomic E-state index is 0.196. The second-order valence-corrected chi connectivity index (χ2v) is 6.48. The van der Waals surface area contributed by atoms with Crippen LogP contribution in [0.25, 0.3) is 0 Å². The summed E-state index contributed by atoms with van der Waals surface area (Å²) in [7, 11) is 0. The van der Waals surface area contributed by atoms with Crippen molar-refractivity contribution in [2.75, 3.05) is 19.7 Å². The number of ether oxygens (including phenoxy) is 1. The minimum atomic E-state index is -0.332. The van der Waals surface area contributed by atoms with Crippen molar-refractivity contribution in [2.24, 2.45) is 5.92 Å². The van der Waals surface area contributed by atoms with Crippen LogP contribution < -0.4 is 4.74 Å². The van der Waals surface area contributed by atoms with Gasteiger partial charge < -0.3 is 14.7 Å². The van der Waals surface area contributed by atoms with Crippen molar-refractivity contribution in [3.05, 3.63) is 29.8 Å². The van der Waals surface area contributed by atoms with Gasteiger partial charge >= 0.3 is 0 Å². The highest BCUT2D eigenvalue weighted by Crippen LogP contribution is 2.21. The summed E-state index contributed by atoms with van der Waals surface area (Å²) in [6.45, 7) is 6.16. The van der Waals surface area contributed by atoms with Crippen LogP contribution in [0.4, 0.5) is 0 Å². The molecule has 2 unspecified atom stereocenters. The Morgan fingerprint density at radius 3 is 2.78 bits per heavy atom. The fourth-order valence-electron chi connectivity index (χ4n) is 3.01. The molecule has 128 valence electrons. The van der Waals surface area contributed by atoms with Crippen LogP contribution in [0.2, 0.25) is 0 Å². The second kappa shape index (κ2) is 8.92. The van der Waals surface area contributed by atoms with Crippen molar-refractivity contribution in [2.45, 2.75) is 52.1 Å². The molecule has 0 radical (unpaired) electrons. The number of hydrogen-bond acceptors (Lipinski definition) is 3. The highest BCUT2D eigenvalue weighted by atomic mass is 16.5. The first-order valence-corrected chi connectivity index (χ1v) is 8.77. The maximum atomic E-state index is 12.4. The minimum Gasteiger partial charge on any atom is -0.494 e. The molecule has 1 heterocycles. The van der Waals surface area contributed by atoms with Gasteiger partial charge in [0.15, 0.2) is 0 Å². The molecule has 1 amide bonds. The lowest BCUT2D eigenvalue weighted by atomic mass is 9.93. The maximum Gasteiger partial charge on any atom is 0.222 e. The van der Waals surface area contributed by atoms with Crippen LogP contribution in [0, 0.1) is 5.92 Å². The van der Waals surface area contributed by atoms with Crippen LogP contribution in [0.1, 0.15) is 45.1 Å². The van der Waals surface area contributed by atoms with E-state index in [4.69, 9.17) is 4.74 Å². The average Bonchev–Trinajstić information content (AvgIpc) is 2.58. The summed E-state index contributed by atoms with van der Waals surface area (Å²) < 4.78 is 5.57. The number of carbonyl (C=O) groups excluding carboxylic acids is 1. The highest BCUT2D eigenvalue weighted by Gasteiger charge is 2.26. The Bertz CT molecular complexity index is 484. The largest absolute Gasteiger partial charge is 0.494 e. The van der Waals surface area contributed by atoms with Crippen LogP contribution in [0.15, 0.2) is 24.3 Å². The molecule has 0 spiro atoms. The van der Waals surface area contributed by atoms with Gasteiger partial charge in [-0.3, -0.25) is 4.79 Å². The fourth-order valence-corrected chi connectivity index (χ4v) is 3.01. The number of amides is 1. The molecule has 2 rings (SSSR count). The molecule has 0 aromatic heterocycles. The lowest BCUT2D eigenvalue weighted by molar-refractivity contribution is -0.133. The predicted molar refractivity (Wildman–Crippen MR) is 91.5 cm³/mol. The van der Waals surface area contributed by atoms with E-state index in [0.717, 1.165) is 50.1 Å². The Morgan fingerprint density at radius 2 is 2.13 bits per heavy atom. The van der Waals surface area contributed by atoms with E-state index in [1.54, 1.807) is 0 Å². The fraction of sp³-hybridized carbons (Fsp3) is 0.632. The van der Waals surface area contributed by atoms with Crippen LogP contribution in [-0.4, -0.2) is 41.7 Å². The third-order valence-electron chi connectivity index (χ3n) is 4.52. The van der Waals surface area contributed by atoms with Crippen molar-refractivity contribution >= 4 is 5.91 Å². The smallest absolute Gasteiger partial charge is 0.222 e. The maximum absolute atomic E-state index is 12.4. The van der Waals surface area contributed by atoms with Gasteiger partial charge in [-0.2, -0.15) is 0 Å². The summed E-state index contributed by atoms with van der Waals surface area (Å²) in [4.78, 5) is 14.3. The first-order valence-electron chi connectivity index (χ1n) is 8.77. The van der Waals surface area contributed by atoms with Gasteiger partial charge in [-0.15, -0.1) is 0 Å². The number of nitrogens with zero attached hydrogens (tertiary/aromatic N) is 1. The molecule has 4 heteroatoms. The van der Waals surface area contributed by atoms with Gasteiger partial charge in [-0.05, 0) is 50.3 Å². The molecule has 1 aromatic rings. The number of carbonyl (C=O) groups is 1. The molecule has 1 aliphatic heterocycles. The number of aryl methyl sites for hydroxylation is 1. The van der Waals surface area contributed by atoms with Gasteiger partial charge in [0.25, 0.3) is 0 Å². The van der Waals surface area contributed by atoms with E-state index >= 15 is 0 Å². The van der Waals surface area contributed by atoms with Gasteiger partial charge in [0.1, 0.15) is 5.75 Å². The summed E-state index contributed by atoms with van der Waals surface area (Å²) in [6, 6.07) is 8.01. The van der Waals surface area contributed by atoms with E-state index < -0.39 is 0 Å². The van der Waals surface area contributed by atoms with Gasteiger partial charge in [-0.25, -0.2) is 0 Å². The molecule has 0 bridgehead atoms. The van der Waals surface area contributed by atoms with Gasteiger partial charge in [0, 0.05) is 25.4 Å². The quantitative estimate of drug-likeness (QED) is 0.840. The van der Waals surface area contributed by atoms with E-state index in [-0.39, 0.29) is 17.9 Å². The first-order chi connectivity index (χ1) is 11.1. The molecule has 1 fully saturated rings. The van der Waals surface area contributed by atoms with E-state index in [1.165, 1.54) is 0 Å². The Labute approximate surface area is 139 Å². The number of benzene rings is 1. The SMILES string of the molecule is CCCOc1ccc(CCC(=O)N2CCCC(C(C)O)C2)cc1. The summed E-state index contributed by atoms with van der Waals surface area (Å²) in [6.07, 6.45) is 3.95. The molecule has 1 aliphatic rings. The predicted octanol–water partition coefficient (Wildman–Crippen LogP) is 3.03. The van der Waals surface area contributed by atoms with Crippen LogP contribution in [-0.2, 0) is 11.2 Å². The van der Waals surface area contributed by atoms with Crippen LogP contribution in [0.5, 0.6) is 5.75 Å². The summed E-state index contributed by atoms with van der Waals surface area (Å²) >= 11 is 0. The molecule has 1 N–H and O–H groups in total. The molecule has 4 nitrogen and oxygen atoms in total. The van der Waals surface area contributed by atoms with Crippen LogP contribution >= 0.6 is 0 Å². The van der Waals surface area contributed by atoms with E-state index in [2.05, 4.69) is 6.92 Å². The number of likely N-dealkylation sites (tertiary alicyclic amines) is 1. The van der Waals surface area contributed by atoms with Crippen molar-refractivity contribution < 1.29 is 14.6 Å². The van der Waals surface area contributed by atoms with Crippen molar-refractivity contribution in [3.8, 4) is 5.75 Å². The molecule has 1 saturated heterocycles.